The predicted molar refractivity (Wildman–Crippen MR) is 420 cm³/mol. The number of benzene rings is 2. The van der Waals surface area contributed by atoms with E-state index in [0.29, 0.717) is 24.0 Å². The Morgan fingerprint density at radius 1 is 0.602 bits per heavy atom. The SMILES string of the molecule is C=C1NC(=O)C([C@@H](C)CC)NC(=O)[C@@H]2CSSCC(NC(=O)CCC(O)O)C(=O)N[C@H](Cc3ccccc3)C(=O)N[C@H](C)C(=O)NC(C[C@@H](C)CC)C(=O)N[C@@H](C(=O)N[C@H](Cc3ccccc3)C(=O)N3CCC[C@H]3C(=O)N2)[C@@H](C)OC(=O)[C@H](CO)NC(=O)[C@H]([C@@H](C)OC)N(C)C(=O)[C@@H](C(C)C)NC(=O)[C@H](C[C@H](C)CC)NC1=O. The zero-order valence-electron chi connectivity index (χ0n) is 66.6. The van der Waals surface area contributed by atoms with Gasteiger partial charge in [0.05, 0.1) is 18.4 Å². The lowest BCUT2D eigenvalue weighted by Gasteiger charge is -2.36. The van der Waals surface area contributed by atoms with Gasteiger partial charge in [-0.1, -0.05) is 163 Å². The number of carbonyl (C=O) groups is 15. The van der Waals surface area contributed by atoms with Gasteiger partial charge in [0.15, 0.2) is 12.3 Å². The van der Waals surface area contributed by atoms with Gasteiger partial charge < -0.3 is 98.4 Å². The second kappa shape index (κ2) is 46.2. The van der Waals surface area contributed by atoms with Crippen LogP contribution >= 0.6 is 21.6 Å². The van der Waals surface area contributed by atoms with E-state index in [9.17, 15) is 63.3 Å². The van der Waals surface area contributed by atoms with Crippen LogP contribution in [0.3, 0.4) is 0 Å². The number of hydrogen-bond acceptors (Lipinski definition) is 22. The fraction of sp³-hybridized carbons (Fsp3) is 0.623. The fourth-order valence-corrected chi connectivity index (χ4v) is 15.0. The molecule has 3 unspecified atom stereocenters. The molecule has 2 aromatic carbocycles. The molecule has 3 heterocycles. The summed E-state index contributed by atoms with van der Waals surface area (Å²) < 4.78 is 11.5. The van der Waals surface area contributed by atoms with Crippen molar-refractivity contribution >= 4 is 110 Å². The minimum Gasteiger partial charge on any atom is -0.458 e. The van der Waals surface area contributed by atoms with E-state index < -0.39 is 223 Å². The number of esters is 1. The lowest BCUT2D eigenvalue weighted by molar-refractivity contribution is -0.158. The molecule has 36 heteroatoms. The van der Waals surface area contributed by atoms with Crippen LogP contribution in [0.1, 0.15) is 145 Å². The summed E-state index contributed by atoms with van der Waals surface area (Å²) in [6, 6.07) is -4.02. The molecule has 3 aliphatic rings. The summed E-state index contributed by atoms with van der Waals surface area (Å²) in [5.74, 6) is -17.6. The van der Waals surface area contributed by atoms with E-state index in [1.165, 1.54) is 39.8 Å². The van der Waals surface area contributed by atoms with Crippen LogP contribution in [-0.2, 0) is 94.2 Å². The number of aliphatic hydroxyl groups excluding tert-OH is 2. The van der Waals surface area contributed by atoms with Gasteiger partial charge in [-0.15, -0.1) is 0 Å². The molecular formula is C77H116N14O20S2. The summed E-state index contributed by atoms with van der Waals surface area (Å²) in [6.45, 7) is 20.2. The van der Waals surface area contributed by atoms with E-state index in [-0.39, 0.29) is 74.8 Å². The first-order valence-electron chi connectivity index (χ1n) is 38.4. The molecule has 14 amide bonds. The summed E-state index contributed by atoms with van der Waals surface area (Å²) in [4.78, 5) is 224. The maximum absolute atomic E-state index is 15.6. The minimum absolute atomic E-state index is 0.0106. The number of ether oxygens (including phenoxy) is 2. The summed E-state index contributed by atoms with van der Waals surface area (Å²) >= 11 is 0. The number of rotatable bonds is 20. The first kappa shape index (κ1) is 94.4. The summed E-state index contributed by atoms with van der Waals surface area (Å²) in [5.41, 5.74) is 0.424. The van der Waals surface area contributed by atoms with Gasteiger partial charge in [-0.25, -0.2) is 4.79 Å². The number of nitrogens with zero attached hydrogens (tertiary/aromatic N) is 2. The zero-order valence-corrected chi connectivity index (χ0v) is 68.3. The normalized spacial score (nSPS) is 27.5. The zero-order chi connectivity index (χ0) is 84.1. The van der Waals surface area contributed by atoms with Crippen LogP contribution in [0.5, 0.6) is 0 Å². The molecule has 3 saturated heterocycles. The van der Waals surface area contributed by atoms with E-state index in [4.69, 9.17) is 9.47 Å². The molecule has 15 N–H and O–H groups in total. The van der Waals surface area contributed by atoms with Gasteiger partial charge in [-0.05, 0) is 81.3 Å². The second-order valence-electron chi connectivity index (χ2n) is 29.6. The molecule has 0 aromatic heterocycles. The van der Waals surface area contributed by atoms with Crippen LogP contribution in [0.15, 0.2) is 72.9 Å². The number of carbonyl (C=O) groups excluding carboxylic acids is 15. The first-order chi connectivity index (χ1) is 53.5. The van der Waals surface area contributed by atoms with Crippen molar-refractivity contribution in [3.63, 3.8) is 0 Å². The molecule has 0 saturated carbocycles. The summed E-state index contributed by atoms with van der Waals surface area (Å²) in [6.07, 6.45) is -5.11. The van der Waals surface area contributed by atoms with Gasteiger partial charge in [-0.3, -0.25) is 67.1 Å². The molecule has 626 valence electrons. The van der Waals surface area contributed by atoms with Crippen molar-refractivity contribution < 1.29 is 96.7 Å². The molecule has 0 aliphatic carbocycles. The monoisotopic (exact) mass is 1620 g/mol. The number of fused-ring (bicyclic) bond motifs is 6. The Kier molecular flexibility index (Phi) is 38.6. The highest BCUT2D eigenvalue weighted by Crippen LogP contribution is 2.27. The largest absolute Gasteiger partial charge is 0.458 e. The summed E-state index contributed by atoms with van der Waals surface area (Å²) in [7, 11) is 4.28. The van der Waals surface area contributed by atoms with Crippen LogP contribution in [0.4, 0.5) is 0 Å². The lowest BCUT2D eigenvalue weighted by Crippen LogP contribution is -2.63. The molecule has 5 rings (SSSR count). The topological polar surface area (TPSA) is 486 Å². The molecule has 0 radical (unpaired) electrons. The first-order valence-corrected chi connectivity index (χ1v) is 40.9. The molecule has 2 bridgehead atoms. The number of cyclic esters (lactones) is 1. The van der Waals surface area contributed by atoms with Crippen molar-refractivity contribution in [3.8, 4) is 0 Å². The standard InChI is InChI=1S/C77H116N14O20S2/c1-15-41(6)33-50-67(99)87-60(40(4)5)76(108)90(13)63(47(12)110-14)74(106)85-54(37-92)77(109)111-46(11)62-73(105)84-53(36-49-27-22-19-23-28-49)75(107)91-32-24-29-57(91)71(103)86-56(70(102)88-61(43(8)17-3)72(104)79-45(10)65(97)81-50)39-113-112-38-55(80-58(93)30-31-59(94)95)69(101)83-52(35-48-25-20-18-21-26-48)66(98)78-44(9)64(96)82-51(68(100)89-62)34-42(7)16-2/h18-23,25-28,40-44,46-47,50-57,59-63,92,94-95H,10,15-17,24,29-39H2,1-9,11-14H3,(H,78,98)(H,79,104)(H,80,93)(H,81,97)(H,82,96)(H,83,101)(H,84,105)(H,85,106)(H,86,103)(H,87,99)(H,88,102)(H,89,100)/t41-,42+,43+,44-,46-,47-,50+,51?,52-,53-,54+,55?,56+,57+,60-,61?,62-,63+/m1/s1. The number of likely N-dealkylation sites (N-methyl/N-ethyl adjacent to an activating group) is 1. The molecule has 3 aliphatic heterocycles. The van der Waals surface area contributed by atoms with E-state index in [2.05, 4.69) is 70.4 Å². The maximum Gasteiger partial charge on any atom is 0.331 e. The van der Waals surface area contributed by atoms with Crippen LogP contribution in [0.2, 0.25) is 0 Å². The fourth-order valence-electron chi connectivity index (χ4n) is 12.7. The van der Waals surface area contributed by atoms with E-state index in [0.717, 1.165) is 26.5 Å². The number of methoxy groups -OCH3 is 1. The molecule has 0 spiro atoms. The Balaban J connectivity index is 1.80. The molecule has 34 nitrogen and oxygen atoms in total. The van der Waals surface area contributed by atoms with Gasteiger partial charge in [-0.2, -0.15) is 0 Å². The van der Waals surface area contributed by atoms with Gasteiger partial charge in [0.25, 0.3) is 5.91 Å². The van der Waals surface area contributed by atoms with Gasteiger partial charge in [0.1, 0.15) is 78.6 Å². The van der Waals surface area contributed by atoms with Crippen molar-refractivity contribution in [3.05, 3.63) is 84.1 Å². The molecule has 2 aromatic rings. The van der Waals surface area contributed by atoms with Gasteiger partial charge in [0, 0.05) is 57.9 Å². The average Bonchev–Trinajstić information content (AvgIpc) is 1.75. The molecule has 113 heavy (non-hydrogen) atoms. The highest BCUT2D eigenvalue weighted by Gasteiger charge is 2.45. The van der Waals surface area contributed by atoms with Crippen molar-refractivity contribution in [2.75, 3.05) is 38.8 Å². The third kappa shape index (κ3) is 28.7. The highest BCUT2D eigenvalue weighted by molar-refractivity contribution is 8.76. The third-order valence-electron chi connectivity index (χ3n) is 20.4. The number of amides is 14. The number of nitrogens with one attached hydrogen (secondary N) is 12. The smallest absolute Gasteiger partial charge is 0.331 e. The van der Waals surface area contributed by atoms with Crippen molar-refractivity contribution in [1.82, 2.24) is 73.6 Å². The highest BCUT2D eigenvalue weighted by atomic mass is 33.1. The molecule has 3 fully saturated rings. The predicted octanol–water partition coefficient (Wildman–Crippen LogP) is -0.695. The number of hydrogen-bond donors (Lipinski definition) is 15. The number of aliphatic hydroxyl groups is 3. The van der Waals surface area contributed by atoms with Crippen molar-refractivity contribution in [1.29, 1.82) is 0 Å². The van der Waals surface area contributed by atoms with E-state index >= 15 is 24.0 Å². The second-order valence-corrected chi connectivity index (χ2v) is 32.1. The Hall–Kier alpha value is -9.23. The third-order valence-corrected chi connectivity index (χ3v) is 22.8. The van der Waals surface area contributed by atoms with E-state index in [1.807, 2.05) is 13.8 Å². The average molecular weight is 1620 g/mol. The van der Waals surface area contributed by atoms with Crippen LogP contribution < -0.4 is 63.8 Å². The lowest BCUT2D eigenvalue weighted by atomic mass is 9.96. The van der Waals surface area contributed by atoms with Crippen LogP contribution in [0.25, 0.3) is 0 Å². The Bertz CT molecular complexity index is 3640. The van der Waals surface area contributed by atoms with Gasteiger partial charge >= 0.3 is 5.97 Å². The van der Waals surface area contributed by atoms with Crippen molar-refractivity contribution in [2.45, 2.75) is 244 Å². The quantitative estimate of drug-likeness (QED) is 0.0337. The van der Waals surface area contributed by atoms with Crippen LogP contribution in [-0.4, -0.2) is 250 Å². The van der Waals surface area contributed by atoms with Crippen LogP contribution in [0, 0.1) is 23.7 Å². The molecular weight excluding hydrogens is 1510 g/mol. The van der Waals surface area contributed by atoms with Gasteiger partial charge in [0.2, 0.25) is 76.8 Å². The maximum atomic E-state index is 15.6. The van der Waals surface area contributed by atoms with E-state index in [1.54, 1.807) is 102 Å². The summed E-state index contributed by atoms with van der Waals surface area (Å²) in [5, 5.41) is 61.9. The Morgan fingerprint density at radius 3 is 1.71 bits per heavy atom. The minimum atomic E-state index is -2.04. The van der Waals surface area contributed by atoms with Crippen molar-refractivity contribution in [2.24, 2.45) is 23.7 Å². The molecule has 18 atom stereocenters. The Labute approximate surface area is 667 Å². The Morgan fingerprint density at radius 2 is 1.14 bits per heavy atom.